The number of nitrogens with zero attached hydrogens (tertiary/aromatic N) is 5. The van der Waals surface area contributed by atoms with Crippen LogP contribution in [0.2, 0.25) is 0 Å². The van der Waals surface area contributed by atoms with Crippen LogP contribution in [-0.4, -0.2) is 62.0 Å². The second-order valence-electron chi connectivity index (χ2n) is 13.2. The van der Waals surface area contributed by atoms with E-state index in [4.69, 9.17) is 14.5 Å². The Kier molecular flexibility index (Phi) is 8.04. The van der Waals surface area contributed by atoms with E-state index < -0.39 is 17.3 Å². The SMILES string of the molecule is CC(C)(C)OC(=O)N1CCC[C@H](Nc2cc(N(Cc3cccc(F)c3)C(=O)OC(C)(C)C)n3ncc(C4CC4)c3n2)C1. The molecule has 3 heterocycles. The molecule has 1 atom stereocenters. The van der Waals surface area contributed by atoms with Gasteiger partial charge in [-0.05, 0) is 90.8 Å². The number of amides is 2. The zero-order chi connectivity index (χ0) is 30.2. The van der Waals surface area contributed by atoms with Crippen LogP contribution in [0.1, 0.15) is 84.3 Å². The van der Waals surface area contributed by atoms with Gasteiger partial charge in [0.25, 0.3) is 0 Å². The van der Waals surface area contributed by atoms with Gasteiger partial charge in [0.05, 0.1) is 12.7 Å². The quantitative estimate of drug-likeness (QED) is 0.355. The molecule has 1 saturated heterocycles. The van der Waals surface area contributed by atoms with Crippen molar-refractivity contribution in [2.75, 3.05) is 23.3 Å². The molecule has 1 aliphatic carbocycles. The monoisotopic (exact) mass is 580 g/mol. The maximum Gasteiger partial charge on any atom is 0.416 e. The molecule has 226 valence electrons. The Hall–Kier alpha value is -3.89. The zero-order valence-corrected chi connectivity index (χ0v) is 25.3. The van der Waals surface area contributed by atoms with Gasteiger partial charge in [-0.25, -0.2) is 19.0 Å². The molecule has 1 aliphatic heterocycles. The van der Waals surface area contributed by atoms with Crippen LogP contribution in [-0.2, 0) is 16.0 Å². The van der Waals surface area contributed by atoms with Gasteiger partial charge in [0.2, 0.25) is 0 Å². The molecule has 2 fully saturated rings. The minimum absolute atomic E-state index is 0.0691. The van der Waals surface area contributed by atoms with E-state index in [-0.39, 0.29) is 24.5 Å². The van der Waals surface area contributed by atoms with E-state index >= 15 is 0 Å². The Balaban J connectivity index is 1.50. The van der Waals surface area contributed by atoms with E-state index in [9.17, 15) is 14.0 Å². The highest BCUT2D eigenvalue weighted by molar-refractivity contribution is 5.88. The largest absolute Gasteiger partial charge is 0.444 e. The molecule has 2 aliphatic rings. The molecule has 42 heavy (non-hydrogen) atoms. The highest BCUT2D eigenvalue weighted by atomic mass is 19.1. The van der Waals surface area contributed by atoms with Crippen LogP contribution in [0.5, 0.6) is 0 Å². The summed E-state index contributed by atoms with van der Waals surface area (Å²) in [4.78, 5) is 34.5. The van der Waals surface area contributed by atoms with Crippen molar-refractivity contribution in [1.82, 2.24) is 19.5 Å². The van der Waals surface area contributed by atoms with E-state index in [0.717, 1.165) is 31.2 Å². The summed E-state index contributed by atoms with van der Waals surface area (Å²) in [5, 5.41) is 8.14. The number of hydrogen-bond acceptors (Lipinski definition) is 7. The molecule has 1 aromatic carbocycles. The maximum absolute atomic E-state index is 14.1. The molecule has 5 rings (SSSR count). The van der Waals surface area contributed by atoms with Crippen molar-refractivity contribution >= 4 is 29.5 Å². The number of carbonyl (C=O) groups excluding carboxylic acids is 2. The second-order valence-corrected chi connectivity index (χ2v) is 13.2. The average Bonchev–Trinajstić information content (AvgIpc) is 3.64. The van der Waals surface area contributed by atoms with Gasteiger partial charge in [-0.15, -0.1) is 0 Å². The molecule has 2 aromatic heterocycles. The van der Waals surface area contributed by atoms with Crippen LogP contribution >= 0.6 is 0 Å². The predicted molar refractivity (Wildman–Crippen MR) is 158 cm³/mol. The molecule has 0 bridgehead atoms. The van der Waals surface area contributed by atoms with Crippen LogP contribution < -0.4 is 10.2 Å². The minimum Gasteiger partial charge on any atom is -0.444 e. The summed E-state index contributed by atoms with van der Waals surface area (Å²) in [6, 6.07) is 7.86. The fourth-order valence-corrected chi connectivity index (χ4v) is 5.08. The first-order valence-electron chi connectivity index (χ1n) is 14.6. The smallest absolute Gasteiger partial charge is 0.416 e. The summed E-state index contributed by atoms with van der Waals surface area (Å²) in [6.45, 7) is 12.1. The minimum atomic E-state index is -0.749. The number of rotatable bonds is 6. The van der Waals surface area contributed by atoms with E-state index in [1.165, 1.54) is 17.0 Å². The van der Waals surface area contributed by atoms with Crippen molar-refractivity contribution in [2.24, 2.45) is 0 Å². The van der Waals surface area contributed by atoms with Crippen LogP contribution in [0.3, 0.4) is 0 Å². The van der Waals surface area contributed by atoms with Crippen LogP contribution in [0.4, 0.5) is 25.6 Å². The summed E-state index contributed by atoms with van der Waals surface area (Å²) in [6.07, 6.45) is 4.67. The lowest BCUT2D eigenvalue weighted by atomic mass is 10.1. The van der Waals surface area contributed by atoms with E-state index in [0.29, 0.717) is 41.9 Å². The first-order chi connectivity index (χ1) is 19.8. The fourth-order valence-electron chi connectivity index (χ4n) is 5.08. The van der Waals surface area contributed by atoms with Gasteiger partial charge >= 0.3 is 12.2 Å². The van der Waals surface area contributed by atoms with Crippen molar-refractivity contribution in [3.63, 3.8) is 0 Å². The molecule has 2 amide bonds. The van der Waals surface area contributed by atoms with E-state index in [2.05, 4.69) is 10.4 Å². The van der Waals surface area contributed by atoms with Crippen molar-refractivity contribution in [3.8, 4) is 0 Å². The lowest BCUT2D eigenvalue weighted by molar-refractivity contribution is 0.0206. The van der Waals surface area contributed by atoms with Crippen LogP contribution in [0, 0.1) is 5.82 Å². The van der Waals surface area contributed by atoms with Gasteiger partial charge in [-0.2, -0.15) is 9.61 Å². The number of hydrogen-bond donors (Lipinski definition) is 1. The van der Waals surface area contributed by atoms with Crippen LogP contribution in [0.15, 0.2) is 36.5 Å². The molecule has 0 unspecified atom stereocenters. The molecule has 10 nitrogen and oxygen atoms in total. The summed E-state index contributed by atoms with van der Waals surface area (Å²) in [5.41, 5.74) is 0.961. The molecular formula is C31H41FN6O4. The molecular weight excluding hydrogens is 539 g/mol. The maximum atomic E-state index is 14.1. The zero-order valence-electron chi connectivity index (χ0n) is 25.3. The van der Waals surface area contributed by atoms with Gasteiger partial charge < -0.3 is 19.7 Å². The van der Waals surface area contributed by atoms with Crippen LogP contribution in [0.25, 0.3) is 5.65 Å². The second kappa shape index (κ2) is 11.4. The number of ether oxygens (including phenoxy) is 2. The third-order valence-corrected chi connectivity index (χ3v) is 7.04. The van der Waals surface area contributed by atoms with Crippen molar-refractivity contribution < 1.29 is 23.5 Å². The highest BCUT2D eigenvalue weighted by Crippen LogP contribution is 2.42. The van der Waals surface area contributed by atoms with Gasteiger partial charge in [-0.3, -0.25) is 4.90 Å². The third kappa shape index (κ3) is 7.30. The molecule has 0 radical (unpaired) electrons. The number of likely N-dealkylation sites (tertiary alicyclic amines) is 1. The molecule has 1 N–H and O–H groups in total. The number of fused-ring (bicyclic) bond motifs is 1. The Morgan fingerprint density at radius 1 is 1.07 bits per heavy atom. The lowest BCUT2D eigenvalue weighted by Crippen LogP contribution is -2.47. The van der Waals surface area contributed by atoms with Gasteiger partial charge in [0, 0.05) is 30.8 Å². The third-order valence-electron chi connectivity index (χ3n) is 7.04. The summed E-state index contributed by atoms with van der Waals surface area (Å²) >= 11 is 0. The van der Waals surface area contributed by atoms with Crippen molar-refractivity contribution in [1.29, 1.82) is 0 Å². The Labute approximate surface area is 246 Å². The average molecular weight is 581 g/mol. The molecule has 1 saturated carbocycles. The Morgan fingerprint density at radius 3 is 2.48 bits per heavy atom. The standard InChI is InChI=1S/C31H41FN6O4/c1-30(2,3)41-28(39)36-14-8-11-23(19-36)34-25-16-26(38-27(35-25)24(17-33-38)21-12-13-21)37(29(40)42-31(4,5)6)18-20-9-7-10-22(32)15-20/h7,9-10,15-17,21,23H,8,11-14,18-19H2,1-6H3,(H,34,35)/t23-/m0/s1. The van der Waals surface area contributed by atoms with Gasteiger partial charge in [0.1, 0.15) is 28.7 Å². The van der Waals surface area contributed by atoms with E-state index in [1.54, 1.807) is 48.4 Å². The summed E-state index contributed by atoms with van der Waals surface area (Å²) in [5.74, 6) is 0.992. The fraction of sp³-hybridized carbons (Fsp3) is 0.548. The van der Waals surface area contributed by atoms with Gasteiger partial charge in [-0.1, -0.05) is 12.1 Å². The number of aromatic nitrogens is 3. The van der Waals surface area contributed by atoms with Crippen molar-refractivity contribution in [3.05, 3.63) is 53.5 Å². The molecule has 0 spiro atoms. The number of halogens is 1. The lowest BCUT2D eigenvalue weighted by Gasteiger charge is -2.34. The topological polar surface area (TPSA) is 101 Å². The summed E-state index contributed by atoms with van der Waals surface area (Å²) < 4.78 is 27.2. The normalized spacial score (nSPS) is 17.7. The predicted octanol–water partition coefficient (Wildman–Crippen LogP) is 6.50. The number of carbonyl (C=O) groups is 2. The number of nitrogens with one attached hydrogen (secondary N) is 1. The Morgan fingerprint density at radius 2 is 1.81 bits per heavy atom. The number of piperidine rings is 1. The molecule has 11 heteroatoms. The first kappa shape index (κ1) is 29.6. The van der Waals surface area contributed by atoms with Gasteiger partial charge in [0.15, 0.2) is 5.65 Å². The summed E-state index contributed by atoms with van der Waals surface area (Å²) in [7, 11) is 0. The Bertz CT molecular complexity index is 1460. The number of anilines is 2. The van der Waals surface area contributed by atoms with Crippen molar-refractivity contribution in [2.45, 2.75) is 96.9 Å². The number of benzene rings is 1. The highest BCUT2D eigenvalue weighted by Gasteiger charge is 2.32. The molecule has 3 aromatic rings. The first-order valence-corrected chi connectivity index (χ1v) is 14.6. The van der Waals surface area contributed by atoms with E-state index in [1.807, 2.05) is 27.0 Å².